The highest BCUT2D eigenvalue weighted by atomic mass is 35.5. The summed E-state index contributed by atoms with van der Waals surface area (Å²) in [7, 11) is 0. The molecule has 1 amide bonds. The van der Waals surface area contributed by atoms with Gasteiger partial charge in [-0.15, -0.1) is 0 Å². The molecule has 18 heavy (non-hydrogen) atoms. The summed E-state index contributed by atoms with van der Waals surface area (Å²) in [6.45, 7) is 5.73. The van der Waals surface area contributed by atoms with E-state index < -0.39 is 11.5 Å². The summed E-state index contributed by atoms with van der Waals surface area (Å²) in [6, 6.07) is 3.54. The number of hydrogen-bond donors (Lipinski definition) is 2. The van der Waals surface area contributed by atoms with Gasteiger partial charge in [0.25, 0.3) is 0 Å². The Morgan fingerprint density at radius 2 is 2.11 bits per heavy atom. The highest BCUT2D eigenvalue weighted by molar-refractivity contribution is 6.31. The van der Waals surface area contributed by atoms with Gasteiger partial charge in [0.05, 0.1) is 17.2 Å². The van der Waals surface area contributed by atoms with Crippen molar-refractivity contribution in [3.05, 3.63) is 28.3 Å². The fourth-order valence-electron chi connectivity index (χ4n) is 2.34. The van der Waals surface area contributed by atoms with Gasteiger partial charge in [-0.2, -0.15) is 0 Å². The van der Waals surface area contributed by atoms with Crippen molar-refractivity contribution in [2.75, 3.05) is 5.32 Å². The third-order valence-corrected chi connectivity index (χ3v) is 3.75. The molecule has 0 fully saturated rings. The summed E-state index contributed by atoms with van der Waals surface area (Å²) in [5, 5.41) is 13.6. The van der Waals surface area contributed by atoms with Crippen LogP contribution in [0.15, 0.2) is 12.1 Å². The Hall–Kier alpha value is -1.06. The van der Waals surface area contributed by atoms with Crippen molar-refractivity contribution < 1.29 is 9.90 Å². The summed E-state index contributed by atoms with van der Waals surface area (Å²) in [4.78, 5) is 12.0. The third kappa shape index (κ3) is 2.02. The van der Waals surface area contributed by atoms with Crippen LogP contribution in [0, 0.1) is 0 Å². The number of carbonyl (C=O) groups is 1. The Labute approximate surface area is 112 Å². The summed E-state index contributed by atoms with van der Waals surface area (Å²) < 4.78 is 0. The minimum Gasteiger partial charge on any atom is -0.388 e. The second kappa shape index (κ2) is 4.56. The zero-order valence-corrected chi connectivity index (χ0v) is 11.6. The lowest BCUT2D eigenvalue weighted by molar-refractivity contribution is -0.119. The number of anilines is 1. The smallest absolute Gasteiger partial charge is 0.234 e. The van der Waals surface area contributed by atoms with Gasteiger partial charge in [-0.3, -0.25) is 4.79 Å². The molecule has 3 nitrogen and oxygen atoms in total. The summed E-state index contributed by atoms with van der Waals surface area (Å²) in [6.07, 6.45) is 0.944. The zero-order chi connectivity index (χ0) is 13.5. The second-order valence-electron chi connectivity index (χ2n) is 5.30. The first-order valence-corrected chi connectivity index (χ1v) is 6.59. The highest BCUT2D eigenvalue weighted by Gasteiger charge is 2.40. The van der Waals surface area contributed by atoms with Gasteiger partial charge < -0.3 is 10.4 Å². The van der Waals surface area contributed by atoms with Crippen molar-refractivity contribution >= 4 is 23.2 Å². The van der Waals surface area contributed by atoms with Gasteiger partial charge in [0.2, 0.25) is 5.91 Å². The number of aliphatic hydroxyl groups is 1. The number of hydrogen-bond acceptors (Lipinski definition) is 2. The van der Waals surface area contributed by atoms with Gasteiger partial charge in [-0.25, -0.2) is 0 Å². The lowest BCUT2D eigenvalue weighted by Gasteiger charge is -2.18. The van der Waals surface area contributed by atoms with E-state index in [4.69, 9.17) is 11.6 Å². The fraction of sp³-hybridized carbons (Fsp3) is 0.500. The van der Waals surface area contributed by atoms with Crippen LogP contribution in [0.3, 0.4) is 0 Å². The first-order chi connectivity index (χ1) is 8.37. The van der Waals surface area contributed by atoms with Gasteiger partial charge in [0.15, 0.2) is 0 Å². The average molecular weight is 268 g/mol. The molecule has 1 aromatic rings. The molecule has 1 aromatic carbocycles. The van der Waals surface area contributed by atoms with Gasteiger partial charge >= 0.3 is 0 Å². The Morgan fingerprint density at radius 1 is 1.44 bits per heavy atom. The topological polar surface area (TPSA) is 49.3 Å². The molecule has 2 N–H and O–H groups in total. The van der Waals surface area contributed by atoms with E-state index in [1.54, 1.807) is 12.1 Å². The van der Waals surface area contributed by atoms with Crippen LogP contribution >= 0.6 is 11.6 Å². The summed E-state index contributed by atoms with van der Waals surface area (Å²) >= 11 is 6.10. The van der Waals surface area contributed by atoms with Crippen molar-refractivity contribution in [1.82, 2.24) is 0 Å². The lowest BCUT2D eigenvalue weighted by Crippen LogP contribution is -2.26. The molecular weight excluding hydrogens is 250 g/mol. The fourth-order valence-corrected chi connectivity index (χ4v) is 2.57. The van der Waals surface area contributed by atoms with Gasteiger partial charge in [0.1, 0.15) is 0 Å². The maximum absolute atomic E-state index is 12.0. The Balaban J connectivity index is 2.56. The molecule has 4 heteroatoms. The molecule has 98 valence electrons. The monoisotopic (exact) mass is 267 g/mol. The number of carbonyl (C=O) groups excluding carboxylic acids is 1. The second-order valence-corrected chi connectivity index (χ2v) is 5.74. The highest BCUT2D eigenvalue weighted by Crippen LogP contribution is 2.43. The quantitative estimate of drug-likeness (QED) is 0.882. The third-order valence-electron chi connectivity index (χ3n) is 3.53. The molecule has 0 aromatic heterocycles. The van der Waals surface area contributed by atoms with Crippen molar-refractivity contribution in [3.8, 4) is 0 Å². The number of rotatable bonds is 3. The van der Waals surface area contributed by atoms with E-state index in [1.807, 2.05) is 20.8 Å². The zero-order valence-electron chi connectivity index (χ0n) is 10.9. The van der Waals surface area contributed by atoms with Crippen molar-refractivity contribution in [2.24, 2.45) is 0 Å². The maximum Gasteiger partial charge on any atom is 0.234 e. The molecule has 0 saturated heterocycles. The average Bonchev–Trinajstić information content (AvgIpc) is 2.51. The molecule has 2 rings (SSSR count). The molecule has 0 bridgehead atoms. The molecule has 1 heterocycles. The van der Waals surface area contributed by atoms with Crippen LogP contribution < -0.4 is 5.32 Å². The number of halogens is 1. The lowest BCUT2D eigenvalue weighted by atomic mass is 9.85. The first kappa shape index (κ1) is 13.4. The van der Waals surface area contributed by atoms with Gasteiger partial charge in [-0.05, 0) is 38.0 Å². The number of amides is 1. The summed E-state index contributed by atoms with van der Waals surface area (Å²) in [5.74, 6) is -0.0512. The van der Waals surface area contributed by atoms with E-state index in [2.05, 4.69) is 5.32 Å². The van der Waals surface area contributed by atoms with E-state index >= 15 is 0 Å². The minimum absolute atomic E-state index is 0.0512. The first-order valence-electron chi connectivity index (χ1n) is 6.21. The van der Waals surface area contributed by atoms with E-state index in [9.17, 15) is 9.90 Å². The van der Waals surface area contributed by atoms with Gasteiger partial charge in [0, 0.05) is 10.6 Å². The van der Waals surface area contributed by atoms with Crippen molar-refractivity contribution in [2.45, 2.75) is 45.1 Å². The minimum atomic E-state index is -0.596. The predicted molar refractivity (Wildman–Crippen MR) is 73.0 cm³/mol. The van der Waals surface area contributed by atoms with E-state index in [0.29, 0.717) is 11.4 Å². The van der Waals surface area contributed by atoms with Crippen molar-refractivity contribution in [3.63, 3.8) is 0 Å². The Morgan fingerprint density at radius 3 is 2.72 bits per heavy atom. The van der Waals surface area contributed by atoms with E-state index in [1.165, 1.54) is 0 Å². The number of nitrogens with one attached hydrogen (secondary N) is 1. The van der Waals surface area contributed by atoms with Crippen LogP contribution in [0.1, 0.15) is 50.8 Å². The number of benzene rings is 1. The molecule has 1 aliphatic rings. The van der Waals surface area contributed by atoms with Crippen LogP contribution in [0.4, 0.5) is 5.69 Å². The normalized spacial score (nSPS) is 18.4. The molecule has 1 unspecified atom stereocenters. The molecular formula is C14H18ClNO2. The standard InChI is InChI=1S/C14H18ClNO2/c1-4-5-11(17)9-6-8(15)7-10-12(9)16-13(18)14(10,2)3/h6-7,11,17H,4-5H2,1-3H3,(H,16,18). The molecule has 1 aliphatic heterocycles. The van der Waals surface area contributed by atoms with Crippen LogP contribution in [-0.2, 0) is 10.2 Å². The number of fused-ring (bicyclic) bond motifs is 1. The van der Waals surface area contributed by atoms with Crippen LogP contribution in [0.5, 0.6) is 0 Å². The number of aliphatic hydroxyl groups excluding tert-OH is 1. The largest absolute Gasteiger partial charge is 0.388 e. The van der Waals surface area contributed by atoms with E-state index in [0.717, 1.165) is 23.2 Å². The Kier molecular flexibility index (Phi) is 3.39. The SMILES string of the molecule is CCCC(O)c1cc(Cl)cc2c1NC(=O)C2(C)C. The van der Waals surface area contributed by atoms with Crippen molar-refractivity contribution in [1.29, 1.82) is 0 Å². The molecule has 0 saturated carbocycles. The van der Waals surface area contributed by atoms with Crippen LogP contribution in [-0.4, -0.2) is 11.0 Å². The predicted octanol–water partition coefficient (Wildman–Crippen LogP) is 3.40. The Bertz CT molecular complexity index is 497. The van der Waals surface area contributed by atoms with Gasteiger partial charge in [-0.1, -0.05) is 24.9 Å². The molecule has 0 spiro atoms. The molecule has 0 radical (unpaired) electrons. The summed E-state index contributed by atoms with van der Waals surface area (Å²) in [5.41, 5.74) is 1.72. The van der Waals surface area contributed by atoms with Crippen LogP contribution in [0.25, 0.3) is 0 Å². The molecule has 0 aliphatic carbocycles. The van der Waals surface area contributed by atoms with Crippen LogP contribution in [0.2, 0.25) is 5.02 Å². The molecule has 1 atom stereocenters. The van der Waals surface area contributed by atoms with E-state index in [-0.39, 0.29) is 5.91 Å². The maximum atomic E-state index is 12.0.